The largest absolute Gasteiger partial charge is 0.385 e. The molecule has 0 heterocycles. The van der Waals surface area contributed by atoms with Crippen LogP contribution >= 0.6 is 0 Å². The maximum Gasteiger partial charge on any atom is 0.256 e. The van der Waals surface area contributed by atoms with Crippen molar-refractivity contribution in [2.24, 2.45) is 5.92 Å². The first-order valence-corrected chi connectivity index (χ1v) is 6.29. The Morgan fingerprint density at radius 3 is 2.72 bits per heavy atom. The first-order chi connectivity index (χ1) is 8.56. The van der Waals surface area contributed by atoms with Gasteiger partial charge in [0.15, 0.2) is 0 Å². The lowest BCUT2D eigenvalue weighted by molar-refractivity contribution is 0.0728. The SMILES string of the molecule is CNc1c(F)cccc1C(=O)N(C)C(C)C1CC1. The maximum absolute atomic E-state index is 13.6. The fourth-order valence-corrected chi connectivity index (χ4v) is 2.23. The lowest BCUT2D eigenvalue weighted by Gasteiger charge is -2.25. The molecule has 3 nitrogen and oxygen atoms in total. The van der Waals surface area contributed by atoms with E-state index < -0.39 is 5.82 Å². The normalized spacial score (nSPS) is 16.2. The summed E-state index contributed by atoms with van der Waals surface area (Å²) in [6.07, 6.45) is 2.36. The summed E-state index contributed by atoms with van der Waals surface area (Å²) in [5.41, 5.74) is 0.671. The average Bonchev–Trinajstić information content (AvgIpc) is 3.20. The van der Waals surface area contributed by atoms with E-state index in [0.29, 0.717) is 11.5 Å². The highest BCUT2D eigenvalue weighted by molar-refractivity contribution is 5.99. The van der Waals surface area contributed by atoms with Crippen LogP contribution in [0.25, 0.3) is 0 Å². The summed E-state index contributed by atoms with van der Waals surface area (Å²) in [6, 6.07) is 4.80. The average molecular weight is 250 g/mol. The number of rotatable bonds is 4. The summed E-state index contributed by atoms with van der Waals surface area (Å²) in [7, 11) is 3.41. The van der Waals surface area contributed by atoms with Crippen LogP contribution in [0.2, 0.25) is 0 Å². The minimum Gasteiger partial charge on any atom is -0.385 e. The summed E-state index contributed by atoms with van der Waals surface area (Å²) < 4.78 is 13.6. The van der Waals surface area contributed by atoms with Gasteiger partial charge in [-0.1, -0.05) is 6.07 Å². The number of hydrogen-bond donors (Lipinski definition) is 1. The van der Waals surface area contributed by atoms with Crippen LogP contribution in [0.4, 0.5) is 10.1 Å². The second-order valence-electron chi connectivity index (χ2n) is 4.91. The first kappa shape index (κ1) is 12.9. The van der Waals surface area contributed by atoms with Crippen molar-refractivity contribution < 1.29 is 9.18 Å². The lowest BCUT2D eigenvalue weighted by atomic mass is 10.1. The highest BCUT2D eigenvalue weighted by Gasteiger charge is 2.33. The molecule has 1 saturated carbocycles. The molecular formula is C14H19FN2O. The maximum atomic E-state index is 13.6. The van der Waals surface area contributed by atoms with Crippen LogP contribution in [0.3, 0.4) is 0 Å². The molecule has 1 aliphatic carbocycles. The van der Waals surface area contributed by atoms with E-state index in [-0.39, 0.29) is 17.6 Å². The number of amides is 1. The third-order valence-electron chi connectivity index (χ3n) is 3.73. The summed E-state index contributed by atoms with van der Waals surface area (Å²) >= 11 is 0. The number of para-hydroxylation sites is 1. The standard InChI is InChI=1S/C14H19FN2O/c1-9(10-7-8-10)17(3)14(18)11-5-4-6-12(15)13(11)16-2/h4-6,9-10,16H,7-8H2,1-3H3. The lowest BCUT2D eigenvalue weighted by Crippen LogP contribution is -2.36. The zero-order valence-electron chi connectivity index (χ0n) is 11.0. The smallest absolute Gasteiger partial charge is 0.256 e. The number of anilines is 1. The van der Waals surface area contributed by atoms with Crippen LogP contribution < -0.4 is 5.32 Å². The van der Waals surface area contributed by atoms with Crippen molar-refractivity contribution in [1.29, 1.82) is 0 Å². The molecule has 0 saturated heterocycles. The Hall–Kier alpha value is -1.58. The molecule has 1 fully saturated rings. The molecule has 2 rings (SSSR count). The van der Waals surface area contributed by atoms with Gasteiger partial charge >= 0.3 is 0 Å². The molecule has 1 unspecified atom stereocenters. The van der Waals surface area contributed by atoms with E-state index in [1.807, 2.05) is 6.92 Å². The topological polar surface area (TPSA) is 32.3 Å². The van der Waals surface area contributed by atoms with Gasteiger partial charge in [-0.2, -0.15) is 0 Å². The number of halogens is 1. The van der Waals surface area contributed by atoms with Gasteiger partial charge in [0.2, 0.25) is 0 Å². The molecular weight excluding hydrogens is 231 g/mol. The van der Waals surface area contributed by atoms with Crippen LogP contribution in [0, 0.1) is 11.7 Å². The van der Waals surface area contributed by atoms with Crippen molar-refractivity contribution in [3.05, 3.63) is 29.6 Å². The third-order valence-corrected chi connectivity index (χ3v) is 3.73. The highest BCUT2D eigenvalue weighted by Crippen LogP contribution is 2.35. The van der Waals surface area contributed by atoms with Crippen LogP contribution in [-0.2, 0) is 0 Å². The van der Waals surface area contributed by atoms with Crippen molar-refractivity contribution >= 4 is 11.6 Å². The van der Waals surface area contributed by atoms with E-state index in [1.54, 1.807) is 31.1 Å². The van der Waals surface area contributed by atoms with Gasteiger partial charge in [-0.05, 0) is 37.8 Å². The molecule has 1 N–H and O–H groups in total. The Morgan fingerprint density at radius 1 is 1.50 bits per heavy atom. The van der Waals surface area contributed by atoms with Crippen molar-refractivity contribution in [2.45, 2.75) is 25.8 Å². The zero-order valence-corrected chi connectivity index (χ0v) is 11.0. The second kappa shape index (κ2) is 4.96. The molecule has 0 spiro atoms. The molecule has 0 radical (unpaired) electrons. The fourth-order valence-electron chi connectivity index (χ4n) is 2.23. The molecule has 18 heavy (non-hydrogen) atoms. The predicted octanol–water partition coefficient (Wildman–Crippen LogP) is 2.74. The van der Waals surface area contributed by atoms with Crippen LogP contribution in [0.15, 0.2) is 18.2 Å². The molecule has 98 valence electrons. The van der Waals surface area contributed by atoms with E-state index in [2.05, 4.69) is 5.32 Å². The van der Waals surface area contributed by atoms with Gasteiger partial charge in [-0.3, -0.25) is 4.79 Å². The molecule has 1 aliphatic rings. The summed E-state index contributed by atoms with van der Waals surface area (Å²) in [5, 5.41) is 2.76. The second-order valence-corrected chi connectivity index (χ2v) is 4.91. The quantitative estimate of drug-likeness (QED) is 0.891. The van der Waals surface area contributed by atoms with E-state index in [1.165, 1.54) is 18.9 Å². The molecule has 1 amide bonds. The minimum absolute atomic E-state index is 0.127. The molecule has 0 aromatic heterocycles. The number of benzene rings is 1. The Labute approximate surface area is 107 Å². The van der Waals surface area contributed by atoms with Gasteiger partial charge in [0.25, 0.3) is 5.91 Å². The van der Waals surface area contributed by atoms with Gasteiger partial charge in [0.05, 0.1) is 11.3 Å². The molecule has 0 bridgehead atoms. The van der Waals surface area contributed by atoms with Crippen LogP contribution in [0.5, 0.6) is 0 Å². The number of nitrogens with zero attached hydrogens (tertiary/aromatic N) is 1. The molecule has 4 heteroatoms. The Kier molecular flexibility index (Phi) is 3.55. The number of nitrogens with one attached hydrogen (secondary N) is 1. The Bertz CT molecular complexity index is 457. The Balaban J connectivity index is 2.24. The first-order valence-electron chi connectivity index (χ1n) is 6.29. The van der Waals surface area contributed by atoms with Crippen molar-refractivity contribution in [3.63, 3.8) is 0 Å². The minimum atomic E-state index is -0.393. The van der Waals surface area contributed by atoms with Gasteiger partial charge < -0.3 is 10.2 Å². The number of carbonyl (C=O) groups excluding carboxylic acids is 1. The summed E-state index contributed by atoms with van der Waals surface area (Å²) in [4.78, 5) is 14.1. The number of hydrogen-bond acceptors (Lipinski definition) is 2. The Morgan fingerprint density at radius 2 is 2.17 bits per heavy atom. The van der Waals surface area contributed by atoms with Gasteiger partial charge in [0, 0.05) is 20.1 Å². The zero-order chi connectivity index (χ0) is 13.3. The molecule has 1 aromatic carbocycles. The van der Waals surface area contributed by atoms with E-state index in [4.69, 9.17) is 0 Å². The monoisotopic (exact) mass is 250 g/mol. The van der Waals surface area contributed by atoms with Crippen molar-refractivity contribution in [1.82, 2.24) is 4.90 Å². The molecule has 0 aliphatic heterocycles. The third kappa shape index (κ3) is 2.33. The van der Waals surface area contributed by atoms with Gasteiger partial charge in [0.1, 0.15) is 5.82 Å². The molecule has 1 atom stereocenters. The summed E-state index contributed by atoms with van der Waals surface area (Å²) in [6.45, 7) is 2.05. The predicted molar refractivity (Wildman–Crippen MR) is 70.2 cm³/mol. The van der Waals surface area contributed by atoms with Crippen LogP contribution in [-0.4, -0.2) is 30.9 Å². The van der Waals surface area contributed by atoms with Crippen molar-refractivity contribution in [2.75, 3.05) is 19.4 Å². The fraction of sp³-hybridized carbons (Fsp3) is 0.500. The van der Waals surface area contributed by atoms with E-state index >= 15 is 0 Å². The van der Waals surface area contributed by atoms with E-state index in [0.717, 1.165) is 0 Å². The highest BCUT2D eigenvalue weighted by atomic mass is 19.1. The van der Waals surface area contributed by atoms with E-state index in [9.17, 15) is 9.18 Å². The van der Waals surface area contributed by atoms with Gasteiger partial charge in [-0.25, -0.2) is 4.39 Å². The van der Waals surface area contributed by atoms with Crippen LogP contribution in [0.1, 0.15) is 30.1 Å². The van der Waals surface area contributed by atoms with Gasteiger partial charge in [-0.15, -0.1) is 0 Å². The molecule has 1 aromatic rings. The van der Waals surface area contributed by atoms with Crippen molar-refractivity contribution in [3.8, 4) is 0 Å². The summed E-state index contributed by atoms with van der Waals surface area (Å²) in [5.74, 6) is 0.0830. The number of carbonyl (C=O) groups is 1.